The zero-order valence-electron chi connectivity index (χ0n) is 12.3. The van der Waals surface area contributed by atoms with Gasteiger partial charge in [-0.25, -0.2) is 0 Å². The van der Waals surface area contributed by atoms with Crippen molar-refractivity contribution in [2.75, 3.05) is 13.2 Å². The zero-order chi connectivity index (χ0) is 14.0. The molecule has 0 saturated carbocycles. The third kappa shape index (κ3) is 4.50. The molecule has 0 saturated heterocycles. The lowest BCUT2D eigenvalue weighted by atomic mass is 9.89. The van der Waals surface area contributed by atoms with Gasteiger partial charge in [-0.1, -0.05) is 74.0 Å². The van der Waals surface area contributed by atoms with Crippen molar-refractivity contribution in [3.63, 3.8) is 0 Å². The number of hydrogen-bond donors (Lipinski definition) is 0. The molecule has 1 nitrogen and oxygen atoms in total. The van der Waals surface area contributed by atoms with Crippen LogP contribution in [0, 0.1) is 0 Å². The quantitative estimate of drug-likeness (QED) is 0.610. The van der Waals surface area contributed by atoms with Gasteiger partial charge in [0.25, 0.3) is 0 Å². The van der Waals surface area contributed by atoms with E-state index in [1.807, 2.05) is 0 Å². The van der Waals surface area contributed by atoms with E-state index in [4.69, 9.17) is 4.74 Å². The molecule has 0 aliphatic carbocycles. The van der Waals surface area contributed by atoms with Crippen molar-refractivity contribution in [1.82, 2.24) is 0 Å². The molecule has 0 heterocycles. The fraction of sp³-hybridized carbons (Fsp3) is 0.368. The zero-order valence-corrected chi connectivity index (χ0v) is 12.3. The predicted molar refractivity (Wildman–Crippen MR) is 85.1 cm³/mol. The van der Waals surface area contributed by atoms with E-state index < -0.39 is 0 Å². The Balaban J connectivity index is 2.02. The highest BCUT2D eigenvalue weighted by atomic mass is 16.5. The van der Waals surface area contributed by atoms with Crippen molar-refractivity contribution in [1.29, 1.82) is 0 Å². The molecular formula is C19H24O. The lowest BCUT2D eigenvalue weighted by molar-refractivity contribution is 0.126. The van der Waals surface area contributed by atoms with Crippen LogP contribution in [0.15, 0.2) is 60.7 Å². The van der Waals surface area contributed by atoms with Crippen LogP contribution < -0.4 is 0 Å². The van der Waals surface area contributed by atoms with Crippen LogP contribution in [0.2, 0.25) is 0 Å². The molecule has 0 spiro atoms. The van der Waals surface area contributed by atoms with E-state index in [1.54, 1.807) is 0 Å². The second kappa shape index (κ2) is 8.55. The van der Waals surface area contributed by atoms with Crippen molar-refractivity contribution in [2.45, 2.75) is 32.1 Å². The number of unbranched alkanes of at least 4 members (excludes halogenated alkanes) is 1. The van der Waals surface area contributed by atoms with Gasteiger partial charge in [-0.3, -0.25) is 0 Å². The molecule has 2 aromatic rings. The third-order valence-corrected chi connectivity index (χ3v) is 3.60. The second-order valence-electron chi connectivity index (χ2n) is 5.13. The Labute approximate surface area is 122 Å². The first-order valence-electron chi connectivity index (χ1n) is 7.59. The molecule has 0 aliphatic rings. The fourth-order valence-electron chi connectivity index (χ4n) is 2.45. The maximum Gasteiger partial charge on any atom is 0.0475 e. The Hall–Kier alpha value is -1.60. The highest BCUT2D eigenvalue weighted by molar-refractivity contribution is 5.32. The van der Waals surface area contributed by atoms with Gasteiger partial charge in [0.05, 0.1) is 0 Å². The minimum absolute atomic E-state index is 0.430. The molecule has 106 valence electrons. The van der Waals surface area contributed by atoms with E-state index in [1.165, 1.54) is 17.5 Å². The molecule has 0 amide bonds. The van der Waals surface area contributed by atoms with Gasteiger partial charge in [0.1, 0.15) is 0 Å². The summed E-state index contributed by atoms with van der Waals surface area (Å²) < 4.78 is 5.75. The van der Waals surface area contributed by atoms with Gasteiger partial charge in [-0.2, -0.15) is 0 Å². The number of ether oxygens (including phenoxy) is 1. The Kier molecular flexibility index (Phi) is 6.33. The summed E-state index contributed by atoms with van der Waals surface area (Å²) in [6.45, 7) is 3.90. The van der Waals surface area contributed by atoms with Gasteiger partial charge in [0, 0.05) is 19.1 Å². The Morgan fingerprint density at radius 1 is 0.800 bits per heavy atom. The first kappa shape index (κ1) is 14.8. The van der Waals surface area contributed by atoms with Crippen molar-refractivity contribution < 1.29 is 4.74 Å². The average molecular weight is 268 g/mol. The second-order valence-corrected chi connectivity index (χ2v) is 5.13. The standard InChI is InChI=1S/C19H24O/c1-2-3-15-20-16-14-19(17-10-6-4-7-11-17)18-12-8-5-9-13-18/h4-13,19H,2-3,14-16H2,1H3. The van der Waals surface area contributed by atoms with Crippen LogP contribution >= 0.6 is 0 Å². The first-order chi connectivity index (χ1) is 9.92. The van der Waals surface area contributed by atoms with Crippen LogP contribution in [0.25, 0.3) is 0 Å². The molecule has 20 heavy (non-hydrogen) atoms. The van der Waals surface area contributed by atoms with Gasteiger partial charge in [-0.15, -0.1) is 0 Å². The highest BCUT2D eigenvalue weighted by Crippen LogP contribution is 2.27. The molecule has 0 fully saturated rings. The van der Waals surface area contributed by atoms with E-state index in [2.05, 4.69) is 67.6 Å². The summed E-state index contributed by atoms with van der Waals surface area (Å²) in [5.41, 5.74) is 2.75. The van der Waals surface area contributed by atoms with Crippen molar-refractivity contribution >= 4 is 0 Å². The van der Waals surface area contributed by atoms with E-state index in [0.717, 1.165) is 26.1 Å². The summed E-state index contributed by atoms with van der Waals surface area (Å²) in [4.78, 5) is 0. The minimum Gasteiger partial charge on any atom is -0.381 e. The fourth-order valence-corrected chi connectivity index (χ4v) is 2.45. The van der Waals surface area contributed by atoms with Gasteiger partial charge >= 0.3 is 0 Å². The molecule has 0 atom stereocenters. The van der Waals surface area contributed by atoms with Crippen molar-refractivity contribution in [3.8, 4) is 0 Å². The Morgan fingerprint density at radius 3 is 1.85 bits per heavy atom. The topological polar surface area (TPSA) is 9.23 Å². The number of benzene rings is 2. The summed E-state index contributed by atoms with van der Waals surface area (Å²) in [5.74, 6) is 0.430. The SMILES string of the molecule is CCCCOCCC(c1ccccc1)c1ccccc1. The smallest absolute Gasteiger partial charge is 0.0475 e. The Bertz CT molecular complexity index is 424. The summed E-state index contributed by atoms with van der Waals surface area (Å²) in [7, 11) is 0. The van der Waals surface area contributed by atoms with Crippen LogP contribution in [-0.4, -0.2) is 13.2 Å². The molecule has 0 unspecified atom stereocenters. The predicted octanol–water partition coefficient (Wildman–Crippen LogP) is 5.03. The van der Waals surface area contributed by atoms with Gasteiger partial charge in [0.2, 0.25) is 0 Å². The third-order valence-electron chi connectivity index (χ3n) is 3.60. The lowest BCUT2D eigenvalue weighted by Gasteiger charge is -2.18. The summed E-state index contributed by atoms with van der Waals surface area (Å²) in [6.07, 6.45) is 3.39. The average Bonchev–Trinajstić information content (AvgIpc) is 2.53. The van der Waals surface area contributed by atoms with E-state index in [0.29, 0.717) is 5.92 Å². The first-order valence-corrected chi connectivity index (χ1v) is 7.59. The summed E-state index contributed by atoms with van der Waals surface area (Å²) in [6, 6.07) is 21.5. The maximum atomic E-state index is 5.75. The van der Waals surface area contributed by atoms with Gasteiger partial charge in [0.15, 0.2) is 0 Å². The van der Waals surface area contributed by atoms with E-state index in [9.17, 15) is 0 Å². The van der Waals surface area contributed by atoms with Crippen LogP contribution in [0.4, 0.5) is 0 Å². The molecule has 0 aromatic heterocycles. The normalized spacial score (nSPS) is 10.9. The molecule has 1 heteroatoms. The highest BCUT2D eigenvalue weighted by Gasteiger charge is 2.13. The lowest BCUT2D eigenvalue weighted by Crippen LogP contribution is -2.06. The molecule has 0 radical (unpaired) electrons. The van der Waals surface area contributed by atoms with Crippen LogP contribution in [0.1, 0.15) is 43.2 Å². The molecule has 2 aromatic carbocycles. The largest absolute Gasteiger partial charge is 0.381 e. The van der Waals surface area contributed by atoms with Gasteiger partial charge < -0.3 is 4.74 Å². The van der Waals surface area contributed by atoms with E-state index >= 15 is 0 Å². The van der Waals surface area contributed by atoms with Crippen molar-refractivity contribution in [3.05, 3.63) is 71.8 Å². The van der Waals surface area contributed by atoms with Crippen LogP contribution in [0.5, 0.6) is 0 Å². The number of rotatable bonds is 8. The minimum atomic E-state index is 0.430. The van der Waals surface area contributed by atoms with Gasteiger partial charge in [-0.05, 0) is 24.0 Å². The van der Waals surface area contributed by atoms with Crippen molar-refractivity contribution in [2.24, 2.45) is 0 Å². The molecule has 0 bridgehead atoms. The molecule has 0 aliphatic heterocycles. The van der Waals surface area contributed by atoms with Crippen LogP contribution in [0.3, 0.4) is 0 Å². The number of hydrogen-bond acceptors (Lipinski definition) is 1. The monoisotopic (exact) mass is 268 g/mol. The molecule has 0 N–H and O–H groups in total. The summed E-state index contributed by atoms with van der Waals surface area (Å²) >= 11 is 0. The summed E-state index contributed by atoms with van der Waals surface area (Å²) in [5, 5.41) is 0. The molecular weight excluding hydrogens is 244 g/mol. The Morgan fingerprint density at radius 2 is 1.35 bits per heavy atom. The van der Waals surface area contributed by atoms with Crippen LogP contribution in [-0.2, 0) is 4.74 Å². The molecule has 2 rings (SSSR count). The maximum absolute atomic E-state index is 5.75. The van der Waals surface area contributed by atoms with E-state index in [-0.39, 0.29) is 0 Å².